The first-order chi connectivity index (χ1) is 13.2. The van der Waals surface area contributed by atoms with E-state index in [9.17, 15) is 13.2 Å². The Labute approximate surface area is 169 Å². The lowest BCUT2D eigenvalue weighted by Crippen LogP contribution is -2.24. The lowest BCUT2D eigenvalue weighted by molar-refractivity contribution is -0.115. The molecule has 0 radical (unpaired) electrons. The van der Waals surface area contributed by atoms with E-state index in [4.69, 9.17) is 0 Å². The van der Waals surface area contributed by atoms with E-state index in [2.05, 4.69) is 20.1 Å². The number of hydrogen-bond acceptors (Lipinski definition) is 6. The van der Waals surface area contributed by atoms with E-state index in [1.54, 1.807) is 19.1 Å². The maximum atomic E-state index is 12.6. The molecule has 1 atom stereocenters. The molecule has 0 saturated heterocycles. The summed E-state index contributed by atoms with van der Waals surface area (Å²) < 4.78 is 27.7. The van der Waals surface area contributed by atoms with Crippen molar-refractivity contribution in [3.05, 3.63) is 30.1 Å². The molecule has 1 aliphatic carbocycles. The van der Waals surface area contributed by atoms with Crippen molar-refractivity contribution in [3.8, 4) is 0 Å². The van der Waals surface area contributed by atoms with Gasteiger partial charge in [0.05, 0.1) is 10.1 Å². The van der Waals surface area contributed by atoms with Crippen LogP contribution < -0.4 is 5.32 Å². The molecule has 28 heavy (non-hydrogen) atoms. The molecule has 152 valence electrons. The van der Waals surface area contributed by atoms with E-state index in [1.165, 1.54) is 38.0 Å². The summed E-state index contributed by atoms with van der Waals surface area (Å²) in [6.07, 6.45) is 2.29. The smallest absolute Gasteiger partial charge is 0.242 e. The quantitative estimate of drug-likeness (QED) is 0.656. The van der Waals surface area contributed by atoms with Crippen molar-refractivity contribution in [2.75, 3.05) is 19.4 Å². The molecule has 1 unspecified atom stereocenters. The average molecular weight is 424 g/mol. The van der Waals surface area contributed by atoms with Gasteiger partial charge in [-0.2, -0.15) is 0 Å². The summed E-state index contributed by atoms with van der Waals surface area (Å²) in [5.41, 5.74) is 0.441. The normalized spacial score (nSPS) is 15.6. The van der Waals surface area contributed by atoms with Crippen LogP contribution >= 0.6 is 11.8 Å². The van der Waals surface area contributed by atoms with Crippen LogP contribution in [-0.2, 0) is 21.4 Å². The van der Waals surface area contributed by atoms with Gasteiger partial charge in [-0.15, -0.1) is 10.2 Å². The van der Waals surface area contributed by atoms with Gasteiger partial charge in [-0.1, -0.05) is 17.8 Å². The van der Waals surface area contributed by atoms with E-state index < -0.39 is 15.3 Å². The molecule has 1 fully saturated rings. The molecule has 8 nitrogen and oxygen atoms in total. The van der Waals surface area contributed by atoms with Gasteiger partial charge in [0.25, 0.3) is 0 Å². The maximum absolute atomic E-state index is 12.6. The topological polar surface area (TPSA) is 97.2 Å². The van der Waals surface area contributed by atoms with Gasteiger partial charge in [0.2, 0.25) is 15.9 Å². The van der Waals surface area contributed by atoms with Crippen LogP contribution in [-0.4, -0.2) is 52.7 Å². The molecule has 2 aromatic rings. The summed E-state index contributed by atoms with van der Waals surface area (Å²) in [4.78, 5) is 12.7. The van der Waals surface area contributed by atoms with Crippen molar-refractivity contribution in [2.24, 2.45) is 0 Å². The van der Waals surface area contributed by atoms with Crippen molar-refractivity contribution >= 4 is 33.4 Å². The fourth-order valence-electron chi connectivity index (χ4n) is 2.73. The number of anilines is 1. The third-order valence-electron chi connectivity index (χ3n) is 4.54. The number of amides is 1. The monoisotopic (exact) mass is 423 g/mol. The van der Waals surface area contributed by atoms with Gasteiger partial charge in [0.15, 0.2) is 5.16 Å². The largest absolute Gasteiger partial charge is 0.325 e. The minimum Gasteiger partial charge on any atom is -0.325 e. The Bertz CT molecular complexity index is 967. The number of nitrogens with zero attached hydrogens (tertiary/aromatic N) is 4. The molecule has 0 bridgehead atoms. The minimum absolute atomic E-state index is 0.135. The van der Waals surface area contributed by atoms with Crippen molar-refractivity contribution in [1.82, 2.24) is 19.1 Å². The zero-order valence-electron chi connectivity index (χ0n) is 16.4. The molecular weight excluding hydrogens is 398 g/mol. The molecule has 1 amide bonds. The van der Waals surface area contributed by atoms with Gasteiger partial charge in [-0.05, 0) is 44.9 Å². The second-order valence-corrected chi connectivity index (χ2v) is 10.4. The highest BCUT2D eigenvalue weighted by Gasteiger charge is 2.30. The van der Waals surface area contributed by atoms with Crippen molar-refractivity contribution in [2.45, 2.75) is 54.5 Å². The molecule has 3 rings (SSSR count). The Morgan fingerprint density at radius 3 is 2.68 bits per heavy atom. The summed E-state index contributed by atoms with van der Waals surface area (Å²) in [7, 11) is -0.615. The van der Waals surface area contributed by atoms with Crippen molar-refractivity contribution < 1.29 is 13.2 Å². The van der Waals surface area contributed by atoms with E-state index in [0.29, 0.717) is 11.6 Å². The van der Waals surface area contributed by atoms with Gasteiger partial charge in [0.1, 0.15) is 5.82 Å². The zero-order valence-corrected chi connectivity index (χ0v) is 18.0. The first-order valence-electron chi connectivity index (χ1n) is 9.17. The molecule has 0 aliphatic heterocycles. The van der Waals surface area contributed by atoms with Crippen molar-refractivity contribution in [1.29, 1.82) is 0 Å². The molecule has 1 aromatic carbocycles. The van der Waals surface area contributed by atoms with Crippen LogP contribution in [0.4, 0.5) is 5.69 Å². The Morgan fingerprint density at radius 2 is 2.07 bits per heavy atom. The van der Waals surface area contributed by atoms with Gasteiger partial charge in [0, 0.05) is 32.2 Å². The first kappa shape index (κ1) is 20.8. The second-order valence-electron chi connectivity index (χ2n) is 6.92. The molecule has 1 heterocycles. The predicted molar refractivity (Wildman–Crippen MR) is 109 cm³/mol. The number of sulfonamides is 1. The Hall–Kier alpha value is -1.91. The third-order valence-corrected chi connectivity index (χ3v) is 7.43. The van der Waals surface area contributed by atoms with Gasteiger partial charge in [-0.25, -0.2) is 12.7 Å². The van der Waals surface area contributed by atoms with Crippen molar-refractivity contribution in [3.63, 3.8) is 0 Å². The molecule has 0 spiro atoms. The van der Waals surface area contributed by atoms with Gasteiger partial charge >= 0.3 is 0 Å². The standard InChI is InChI=1S/C18H25N5O3S2/c1-5-23-16(13-9-10-13)20-21-18(23)27-12(2)17(24)19-14-7-6-8-15(11-14)28(25,26)22(3)4/h6-8,11-13H,5,9-10H2,1-4H3,(H,19,24). The Morgan fingerprint density at radius 1 is 1.36 bits per heavy atom. The number of carbonyl (C=O) groups excluding carboxylic acids is 1. The summed E-state index contributed by atoms with van der Waals surface area (Å²) in [6.45, 7) is 4.60. The van der Waals surface area contributed by atoms with E-state index in [-0.39, 0.29) is 10.8 Å². The summed E-state index contributed by atoms with van der Waals surface area (Å²) in [6, 6.07) is 6.25. The van der Waals surface area contributed by atoms with Gasteiger partial charge < -0.3 is 9.88 Å². The SMILES string of the molecule is CCn1c(SC(C)C(=O)Nc2cccc(S(=O)(=O)N(C)C)c2)nnc1C1CC1. The summed E-state index contributed by atoms with van der Waals surface area (Å²) >= 11 is 1.35. The fourth-order valence-corrected chi connectivity index (χ4v) is 4.60. The number of carbonyl (C=O) groups is 1. The molecule has 10 heteroatoms. The molecular formula is C18H25N5O3S2. The van der Waals surface area contributed by atoms with Gasteiger partial charge in [-0.3, -0.25) is 4.79 Å². The number of benzene rings is 1. The van der Waals surface area contributed by atoms with E-state index in [1.807, 2.05) is 6.92 Å². The van der Waals surface area contributed by atoms with Crippen LogP contribution in [0, 0.1) is 0 Å². The van der Waals surface area contributed by atoms with Crippen LogP contribution in [0.2, 0.25) is 0 Å². The van der Waals surface area contributed by atoms with Crippen LogP contribution in [0.25, 0.3) is 0 Å². The molecule has 1 aliphatic rings. The first-order valence-corrected chi connectivity index (χ1v) is 11.5. The van der Waals surface area contributed by atoms with Crippen LogP contribution in [0.5, 0.6) is 0 Å². The average Bonchev–Trinajstić information content (AvgIpc) is 3.42. The lowest BCUT2D eigenvalue weighted by atomic mass is 10.3. The zero-order chi connectivity index (χ0) is 20.5. The predicted octanol–water partition coefficient (Wildman–Crippen LogP) is 2.55. The fraction of sp³-hybridized carbons (Fsp3) is 0.500. The molecule has 1 aromatic heterocycles. The van der Waals surface area contributed by atoms with E-state index >= 15 is 0 Å². The summed E-state index contributed by atoms with van der Waals surface area (Å²) in [5, 5.41) is 11.7. The van der Waals surface area contributed by atoms with Crippen LogP contribution in [0.1, 0.15) is 38.4 Å². The van der Waals surface area contributed by atoms with Crippen LogP contribution in [0.15, 0.2) is 34.3 Å². The highest BCUT2D eigenvalue weighted by Crippen LogP contribution is 2.40. The number of aromatic nitrogens is 3. The highest BCUT2D eigenvalue weighted by atomic mass is 32.2. The Balaban J connectivity index is 1.70. The summed E-state index contributed by atoms with van der Waals surface area (Å²) in [5.74, 6) is 1.27. The lowest BCUT2D eigenvalue weighted by Gasteiger charge is -2.15. The molecule has 1 N–H and O–H groups in total. The third kappa shape index (κ3) is 4.39. The number of nitrogens with one attached hydrogen (secondary N) is 1. The van der Waals surface area contributed by atoms with Crippen LogP contribution in [0.3, 0.4) is 0 Å². The maximum Gasteiger partial charge on any atom is 0.242 e. The van der Waals surface area contributed by atoms with E-state index in [0.717, 1.165) is 34.7 Å². The second kappa shape index (κ2) is 8.22. The number of thioether (sulfide) groups is 1. The Kier molecular flexibility index (Phi) is 6.11. The minimum atomic E-state index is -3.56. The number of hydrogen-bond donors (Lipinski definition) is 1. The highest BCUT2D eigenvalue weighted by molar-refractivity contribution is 8.00. The molecule has 1 saturated carbocycles. The number of rotatable bonds is 8.